The van der Waals surface area contributed by atoms with Gasteiger partial charge in [-0.1, -0.05) is 34.6 Å². The van der Waals surface area contributed by atoms with Gasteiger partial charge in [0.15, 0.2) is 0 Å². The van der Waals surface area contributed by atoms with Gasteiger partial charge in [-0.2, -0.15) is 13.2 Å². The average molecular weight is 326 g/mol. The molecule has 1 saturated heterocycles. The van der Waals surface area contributed by atoms with Crippen molar-refractivity contribution >= 4 is 11.8 Å². The Bertz CT molecular complexity index is 313. The molecular weight excluding hydrogens is 297 g/mol. The third kappa shape index (κ3) is 7.24. The Kier molecular flexibility index (Phi) is 6.87. The van der Waals surface area contributed by atoms with E-state index in [0.717, 1.165) is 19.5 Å². The van der Waals surface area contributed by atoms with Gasteiger partial charge in [0.1, 0.15) is 0 Å². The average Bonchev–Trinajstić information content (AvgIpc) is 2.24. The van der Waals surface area contributed by atoms with E-state index in [2.05, 4.69) is 44.8 Å². The van der Waals surface area contributed by atoms with Gasteiger partial charge >= 0.3 is 5.51 Å². The molecule has 2 atom stereocenters. The topological polar surface area (TPSA) is 15.3 Å². The zero-order valence-electron chi connectivity index (χ0n) is 13.8. The SMILES string of the molecule is CC(C)CC1CN(CCSC(F)(F)F)C(C(C)(C)C)CN1. The van der Waals surface area contributed by atoms with Crippen molar-refractivity contribution < 1.29 is 13.2 Å². The summed E-state index contributed by atoms with van der Waals surface area (Å²) in [6, 6.07) is 0.675. The highest BCUT2D eigenvalue weighted by atomic mass is 32.2. The molecule has 1 aliphatic heterocycles. The van der Waals surface area contributed by atoms with Crippen LogP contribution in [0.1, 0.15) is 41.0 Å². The van der Waals surface area contributed by atoms with E-state index >= 15 is 0 Å². The van der Waals surface area contributed by atoms with E-state index < -0.39 is 5.51 Å². The summed E-state index contributed by atoms with van der Waals surface area (Å²) in [6.07, 6.45) is 1.07. The number of thioether (sulfide) groups is 1. The molecule has 2 nitrogen and oxygen atoms in total. The van der Waals surface area contributed by atoms with Crippen LogP contribution in [0, 0.1) is 11.3 Å². The summed E-state index contributed by atoms with van der Waals surface area (Å²) in [5.41, 5.74) is -4.05. The maximum absolute atomic E-state index is 12.3. The van der Waals surface area contributed by atoms with Crippen molar-refractivity contribution in [3.05, 3.63) is 0 Å². The Morgan fingerprint density at radius 2 is 1.86 bits per heavy atom. The van der Waals surface area contributed by atoms with Crippen LogP contribution in [0.4, 0.5) is 13.2 Å². The molecule has 6 heteroatoms. The quantitative estimate of drug-likeness (QED) is 0.823. The van der Waals surface area contributed by atoms with Crippen LogP contribution < -0.4 is 5.32 Å². The highest BCUT2D eigenvalue weighted by Crippen LogP contribution is 2.32. The molecule has 0 bridgehead atoms. The molecule has 2 unspecified atom stereocenters. The van der Waals surface area contributed by atoms with Crippen LogP contribution in [-0.4, -0.2) is 47.9 Å². The first-order valence-electron chi connectivity index (χ1n) is 7.67. The van der Waals surface area contributed by atoms with E-state index in [-0.39, 0.29) is 29.0 Å². The van der Waals surface area contributed by atoms with Gasteiger partial charge in [0.05, 0.1) is 0 Å². The van der Waals surface area contributed by atoms with E-state index in [1.807, 2.05) is 0 Å². The van der Waals surface area contributed by atoms with Gasteiger partial charge in [-0.25, -0.2) is 0 Å². The summed E-state index contributed by atoms with van der Waals surface area (Å²) in [6.45, 7) is 13.0. The van der Waals surface area contributed by atoms with Crippen molar-refractivity contribution in [3.63, 3.8) is 0 Å². The predicted molar refractivity (Wildman–Crippen MR) is 84.6 cm³/mol. The summed E-state index contributed by atoms with van der Waals surface area (Å²) in [5, 5.41) is 3.57. The predicted octanol–water partition coefficient (Wildman–Crippen LogP) is 3.97. The van der Waals surface area contributed by atoms with Crippen molar-refractivity contribution in [2.24, 2.45) is 11.3 Å². The van der Waals surface area contributed by atoms with Gasteiger partial charge in [-0.15, -0.1) is 0 Å². The third-order valence-electron chi connectivity index (χ3n) is 3.90. The first kappa shape index (κ1) is 19.1. The Morgan fingerprint density at radius 3 is 2.33 bits per heavy atom. The van der Waals surface area contributed by atoms with E-state index in [9.17, 15) is 13.2 Å². The molecule has 1 N–H and O–H groups in total. The third-order valence-corrected chi connectivity index (χ3v) is 4.61. The molecule has 0 spiro atoms. The fourth-order valence-electron chi connectivity index (χ4n) is 2.99. The van der Waals surface area contributed by atoms with Crippen molar-refractivity contribution in [1.82, 2.24) is 10.2 Å². The standard InChI is InChI=1S/C15H29F3N2S/c1-11(2)8-12-10-20(6-7-21-15(16,17)18)13(9-19-12)14(3,4)5/h11-13,19H,6-10H2,1-5H3. The molecule has 1 heterocycles. The molecule has 0 aliphatic carbocycles. The number of nitrogens with zero attached hydrogens (tertiary/aromatic N) is 1. The summed E-state index contributed by atoms with van der Waals surface area (Å²) in [5.74, 6) is 0.713. The van der Waals surface area contributed by atoms with Crippen molar-refractivity contribution in [1.29, 1.82) is 0 Å². The van der Waals surface area contributed by atoms with Crippen LogP contribution >= 0.6 is 11.8 Å². The van der Waals surface area contributed by atoms with Crippen molar-refractivity contribution in [2.75, 3.05) is 25.4 Å². The lowest BCUT2D eigenvalue weighted by Gasteiger charge is -2.47. The zero-order chi connectivity index (χ0) is 16.3. The molecule has 21 heavy (non-hydrogen) atoms. The Hall–Kier alpha value is 0.0600. The van der Waals surface area contributed by atoms with Crippen LogP contribution in [0.5, 0.6) is 0 Å². The zero-order valence-corrected chi connectivity index (χ0v) is 14.6. The number of piperazine rings is 1. The fraction of sp³-hybridized carbons (Fsp3) is 1.00. The van der Waals surface area contributed by atoms with E-state index in [4.69, 9.17) is 0 Å². The summed E-state index contributed by atoms with van der Waals surface area (Å²) >= 11 is 0.0929. The molecule has 0 saturated carbocycles. The lowest BCUT2D eigenvalue weighted by Crippen LogP contribution is -2.61. The number of rotatable bonds is 5. The highest BCUT2D eigenvalue weighted by Gasteiger charge is 2.36. The molecule has 0 aromatic rings. The molecule has 126 valence electrons. The maximum Gasteiger partial charge on any atom is 0.441 e. The molecular formula is C15H29F3N2S. The number of halogens is 3. The van der Waals surface area contributed by atoms with E-state index in [1.54, 1.807) is 0 Å². The summed E-state index contributed by atoms with van der Waals surface area (Å²) < 4.78 is 37.0. The van der Waals surface area contributed by atoms with Crippen LogP contribution in [0.2, 0.25) is 0 Å². The van der Waals surface area contributed by atoms with Crippen molar-refractivity contribution in [3.8, 4) is 0 Å². The molecule has 0 aromatic heterocycles. The first-order chi connectivity index (χ1) is 9.49. The maximum atomic E-state index is 12.3. The Labute approximate surface area is 131 Å². The largest absolute Gasteiger partial charge is 0.441 e. The monoisotopic (exact) mass is 326 g/mol. The lowest BCUT2D eigenvalue weighted by molar-refractivity contribution is -0.0330. The molecule has 1 aliphatic rings. The van der Waals surface area contributed by atoms with Gasteiger partial charge in [-0.05, 0) is 29.5 Å². The first-order valence-corrected chi connectivity index (χ1v) is 8.65. The number of alkyl halides is 3. The fourth-order valence-corrected chi connectivity index (χ4v) is 3.55. The summed E-state index contributed by atoms with van der Waals surface area (Å²) in [4.78, 5) is 2.25. The molecule has 0 aromatic carbocycles. The van der Waals surface area contributed by atoms with E-state index in [0.29, 0.717) is 18.5 Å². The molecule has 1 fully saturated rings. The number of nitrogens with one attached hydrogen (secondary N) is 1. The smallest absolute Gasteiger partial charge is 0.311 e. The van der Waals surface area contributed by atoms with Crippen LogP contribution in [0.25, 0.3) is 0 Å². The minimum Gasteiger partial charge on any atom is -0.311 e. The van der Waals surface area contributed by atoms with Crippen LogP contribution in [0.3, 0.4) is 0 Å². The lowest BCUT2D eigenvalue weighted by atomic mass is 9.83. The number of hydrogen-bond donors (Lipinski definition) is 1. The van der Waals surface area contributed by atoms with Gasteiger partial charge in [0.2, 0.25) is 0 Å². The van der Waals surface area contributed by atoms with Crippen molar-refractivity contribution in [2.45, 2.75) is 58.6 Å². The molecule has 1 rings (SSSR count). The Morgan fingerprint density at radius 1 is 1.24 bits per heavy atom. The van der Waals surface area contributed by atoms with E-state index in [1.165, 1.54) is 0 Å². The minimum absolute atomic E-state index is 0.0682. The highest BCUT2D eigenvalue weighted by molar-refractivity contribution is 8.00. The van der Waals surface area contributed by atoms with Gasteiger partial charge in [0.25, 0.3) is 0 Å². The Balaban J connectivity index is 2.61. The number of hydrogen-bond acceptors (Lipinski definition) is 3. The second-order valence-electron chi connectivity index (χ2n) is 7.41. The van der Waals surface area contributed by atoms with Crippen LogP contribution in [-0.2, 0) is 0 Å². The van der Waals surface area contributed by atoms with Gasteiger partial charge < -0.3 is 5.32 Å². The molecule has 0 radical (unpaired) electrons. The summed E-state index contributed by atoms with van der Waals surface area (Å²) in [7, 11) is 0. The van der Waals surface area contributed by atoms with Gasteiger partial charge in [-0.3, -0.25) is 4.90 Å². The normalized spacial score (nSPS) is 25.6. The molecule has 0 amide bonds. The van der Waals surface area contributed by atoms with Crippen LogP contribution in [0.15, 0.2) is 0 Å². The minimum atomic E-state index is -4.12. The van der Waals surface area contributed by atoms with Gasteiger partial charge in [0, 0.05) is 37.5 Å². The second kappa shape index (κ2) is 7.55. The second-order valence-corrected chi connectivity index (χ2v) is 8.57.